The molecule has 0 spiro atoms. The van der Waals surface area contributed by atoms with Crippen LogP contribution in [0.1, 0.15) is 0 Å². The average molecular weight is 545 g/mol. The van der Waals surface area contributed by atoms with Crippen molar-refractivity contribution in [3.05, 3.63) is 157 Å². The largest absolute Gasteiger partial charge is 0.228 e. The number of rotatable bonds is 5. The van der Waals surface area contributed by atoms with Crippen molar-refractivity contribution in [3.8, 4) is 56.2 Å². The summed E-state index contributed by atoms with van der Waals surface area (Å²) in [6, 6.07) is 52.1. The fourth-order valence-corrected chi connectivity index (χ4v) is 5.53. The van der Waals surface area contributed by atoms with Crippen LogP contribution in [0.3, 0.4) is 0 Å². The molecule has 0 radical (unpaired) electrons. The van der Waals surface area contributed by atoms with E-state index in [0.717, 1.165) is 60.6 Å². The second-order valence-corrected chi connectivity index (χ2v) is 10.4. The lowest BCUT2D eigenvalue weighted by molar-refractivity contribution is 1.18. The molecule has 0 amide bonds. The first-order valence-corrected chi connectivity index (χ1v) is 14.0. The molecule has 0 saturated carbocycles. The molecule has 2 nitrogen and oxygen atoms in total. The molecule has 1 heterocycles. The standard InChI is InChI=1S/C38H25ClN2/c39-35-19-9-17-33-32(16-8-18-34(33)35)30-14-7-15-31(24-30)37-25-36(28-12-5-2-6-13-28)40-38(41-37)29-22-20-27(21-23-29)26-10-3-1-4-11-26/h1-25H. The molecule has 7 aromatic rings. The summed E-state index contributed by atoms with van der Waals surface area (Å²) in [4.78, 5) is 10.1. The fourth-order valence-electron chi connectivity index (χ4n) is 5.29. The summed E-state index contributed by atoms with van der Waals surface area (Å²) in [5.41, 5.74) is 9.43. The molecule has 0 fully saturated rings. The van der Waals surface area contributed by atoms with Gasteiger partial charge >= 0.3 is 0 Å². The van der Waals surface area contributed by atoms with Crippen molar-refractivity contribution in [3.63, 3.8) is 0 Å². The van der Waals surface area contributed by atoms with Crippen LogP contribution in [-0.4, -0.2) is 9.97 Å². The molecule has 0 aliphatic rings. The maximum absolute atomic E-state index is 6.52. The van der Waals surface area contributed by atoms with Crippen molar-refractivity contribution in [1.29, 1.82) is 0 Å². The van der Waals surface area contributed by atoms with Gasteiger partial charge in [-0.3, -0.25) is 0 Å². The summed E-state index contributed by atoms with van der Waals surface area (Å²) in [5.74, 6) is 0.698. The van der Waals surface area contributed by atoms with E-state index in [1.807, 2.05) is 36.4 Å². The Balaban J connectivity index is 1.35. The topological polar surface area (TPSA) is 25.8 Å². The van der Waals surface area contributed by atoms with Gasteiger partial charge in [-0.05, 0) is 45.8 Å². The van der Waals surface area contributed by atoms with Crippen LogP contribution in [-0.2, 0) is 0 Å². The summed E-state index contributed by atoms with van der Waals surface area (Å²) in [7, 11) is 0. The van der Waals surface area contributed by atoms with Gasteiger partial charge in [0.15, 0.2) is 5.82 Å². The zero-order valence-electron chi connectivity index (χ0n) is 22.2. The number of benzene rings is 6. The SMILES string of the molecule is Clc1cccc2c(-c3cccc(-c4cc(-c5ccccc5)nc(-c5ccc(-c6ccccc6)cc5)n4)c3)cccc12. The van der Waals surface area contributed by atoms with E-state index in [9.17, 15) is 0 Å². The number of hydrogen-bond acceptors (Lipinski definition) is 2. The molecule has 194 valence electrons. The van der Waals surface area contributed by atoms with E-state index in [1.165, 1.54) is 5.56 Å². The third-order valence-corrected chi connectivity index (χ3v) is 7.71. The predicted octanol–water partition coefficient (Wildman–Crippen LogP) is 10.6. The van der Waals surface area contributed by atoms with Crippen LogP contribution in [0.15, 0.2) is 152 Å². The zero-order valence-corrected chi connectivity index (χ0v) is 23.0. The summed E-state index contributed by atoms with van der Waals surface area (Å²) >= 11 is 6.52. The lowest BCUT2D eigenvalue weighted by Gasteiger charge is -2.12. The van der Waals surface area contributed by atoms with Crippen molar-refractivity contribution in [1.82, 2.24) is 9.97 Å². The lowest BCUT2D eigenvalue weighted by atomic mass is 9.96. The van der Waals surface area contributed by atoms with Crippen LogP contribution < -0.4 is 0 Å². The number of halogens is 1. The van der Waals surface area contributed by atoms with E-state index < -0.39 is 0 Å². The van der Waals surface area contributed by atoms with Gasteiger partial charge in [-0.1, -0.05) is 145 Å². The summed E-state index contributed by atoms with van der Waals surface area (Å²) in [6.07, 6.45) is 0. The number of aromatic nitrogens is 2. The highest BCUT2D eigenvalue weighted by atomic mass is 35.5. The van der Waals surface area contributed by atoms with Gasteiger partial charge in [0, 0.05) is 27.1 Å². The Bertz CT molecular complexity index is 1980. The lowest BCUT2D eigenvalue weighted by Crippen LogP contribution is -1.96. The van der Waals surface area contributed by atoms with Crippen molar-refractivity contribution in [2.24, 2.45) is 0 Å². The summed E-state index contributed by atoms with van der Waals surface area (Å²) in [6.45, 7) is 0. The van der Waals surface area contributed by atoms with E-state index in [0.29, 0.717) is 5.82 Å². The van der Waals surface area contributed by atoms with Gasteiger partial charge in [-0.25, -0.2) is 9.97 Å². The molecule has 0 N–H and O–H groups in total. The third-order valence-electron chi connectivity index (χ3n) is 7.38. The van der Waals surface area contributed by atoms with E-state index in [2.05, 4.69) is 115 Å². The van der Waals surface area contributed by atoms with Crippen molar-refractivity contribution < 1.29 is 0 Å². The summed E-state index contributed by atoms with van der Waals surface area (Å²) in [5, 5.41) is 2.93. The Kier molecular flexibility index (Phi) is 6.60. The van der Waals surface area contributed by atoms with E-state index >= 15 is 0 Å². The van der Waals surface area contributed by atoms with Gasteiger partial charge in [0.05, 0.1) is 11.4 Å². The van der Waals surface area contributed by atoms with Gasteiger partial charge in [-0.15, -0.1) is 0 Å². The number of nitrogens with zero attached hydrogens (tertiary/aromatic N) is 2. The van der Waals surface area contributed by atoms with Crippen LogP contribution in [0.2, 0.25) is 5.02 Å². The first kappa shape index (κ1) is 25.0. The van der Waals surface area contributed by atoms with Gasteiger partial charge in [0.1, 0.15) is 0 Å². The molecule has 3 heteroatoms. The van der Waals surface area contributed by atoms with Crippen molar-refractivity contribution in [2.75, 3.05) is 0 Å². The molecule has 0 saturated heterocycles. The highest BCUT2D eigenvalue weighted by Gasteiger charge is 2.13. The van der Waals surface area contributed by atoms with Gasteiger partial charge < -0.3 is 0 Å². The highest BCUT2D eigenvalue weighted by molar-refractivity contribution is 6.35. The summed E-state index contributed by atoms with van der Waals surface area (Å²) < 4.78 is 0. The number of hydrogen-bond donors (Lipinski definition) is 0. The van der Waals surface area contributed by atoms with E-state index in [-0.39, 0.29) is 0 Å². The van der Waals surface area contributed by atoms with Crippen LogP contribution in [0, 0.1) is 0 Å². The Morgan fingerprint density at radius 2 is 0.902 bits per heavy atom. The van der Waals surface area contributed by atoms with Gasteiger partial charge in [-0.2, -0.15) is 0 Å². The molecule has 0 atom stereocenters. The average Bonchev–Trinajstić information content (AvgIpc) is 3.05. The molecule has 1 aromatic heterocycles. The Labute approximate surface area is 244 Å². The first-order chi connectivity index (χ1) is 20.2. The Morgan fingerprint density at radius 3 is 1.66 bits per heavy atom. The Hall–Kier alpha value is -5.05. The molecule has 41 heavy (non-hydrogen) atoms. The molecular weight excluding hydrogens is 520 g/mol. The minimum Gasteiger partial charge on any atom is -0.228 e. The second kappa shape index (κ2) is 10.8. The van der Waals surface area contributed by atoms with Gasteiger partial charge in [0.25, 0.3) is 0 Å². The van der Waals surface area contributed by atoms with Crippen LogP contribution in [0.25, 0.3) is 66.9 Å². The molecular formula is C38H25ClN2. The maximum atomic E-state index is 6.52. The number of fused-ring (bicyclic) bond motifs is 1. The highest BCUT2D eigenvalue weighted by Crippen LogP contribution is 2.35. The smallest absolute Gasteiger partial charge is 0.160 e. The van der Waals surface area contributed by atoms with Crippen molar-refractivity contribution >= 4 is 22.4 Å². The quantitative estimate of drug-likeness (QED) is 0.215. The van der Waals surface area contributed by atoms with E-state index in [1.54, 1.807) is 0 Å². The molecule has 6 aromatic carbocycles. The normalized spacial score (nSPS) is 11.0. The molecule has 0 unspecified atom stereocenters. The minimum absolute atomic E-state index is 0.698. The minimum atomic E-state index is 0.698. The van der Waals surface area contributed by atoms with Crippen LogP contribution in [0.5, 0.6) is 0 Å². The van der Waals surface area contributed by atoms with Crippen LogP contribution in [0.4, 0.5) is 0 Å². The van der Waals surface area contributed by atoms with Crippen LogP contribution >= 0.6 is 11.6 Å². The second-order valence-electron chi connectivity index (χ2n) is 9.99. The van der Waals surface area contributed by atoms with Gasteiger partial charge in [0.2, 0.25) is 0 Å². The third kappa shape index (κ3) is 5.02. The zero-order chi connectivity index (χ0) is 27.6. The maximum Gasteiger partial charge on any atom is 0.160 e. The molecule has 0 bridgehead atoms. The monoisotopic (exact) mass is 544 g/mol. The molecule has 0 aliphatic heterocycles. The molecule has 0 aliphatic carbocycles. The first-order valence-electron chi connectivity index (χ1n) is 13.6. The Morgan fingerprint density at radius 1 is 0.366 bits per heavy atom. The fraction of sp³-hybridized carbons (Fsp3) is 0. The van der Waals surface area contributed by atoms with Crippen molar-refractivity contribution in [2.45, 2.75) is 0 Å². The van der Waals surface area contributed by atoms with E-state index in [4.69, 9.17) is 21.6 Å². The predicted molar refractivity (Wildman–Crippen MR) is 172 cm³/mol. The molecule has 7 rings (SSSR count).